The first-order chi connectivity index (χ1) is 6.11. The predicted molar refractivity (Wildman–Crippen MR) is 48.4 cm³/mol. The second-order valence-corrected chi connectivity index (χ2v) is 3.49. The van der Waals surface area contributed by atoms with Crippen LogP contribution < -0.4 is 0 Å². The molecule has 0 spiro atoms. The summed E-state index contributed by atoms with van der Waals surface area (Å²) in [5.74, 6) is -0.435. The number of carboxylic acids is 1. The first-order valence-corrected chi connectivity index (χ1v) is 4.31. The summed E-state index contributed by atoms with van der Waals surface area (Å²) in [6.45, 7) is 4.01. The lowest BCUT2D eigenvalue weighted by atomic mass is 10.0. The van der Waals surface area contributed by atoms with E-state index in [-0.39, 0.29) is 0 Å². The minimum atomic E-state index is -0.799. The highest BCUT2D eigenvalue weighted by molar-refractivity contribution is 5.71. The van der Waals surface area contributed by atoms with Gasteiger partial charge >= 0.3 is 5.97 Å². The molecule has 4 heteroatoms. The molecule has 0 aromatic carbocycles. The Morgan fingerprint density at radius 1 is 1.62 bits per heavy atom. The number of carboxylic acid groups (broad SMARTS) is 1. The lowest BCUT2D eigenvalue weighted by Gasteiger charge is -2.15. The first-order valence-electron chi connectivity index (χ1n) is 4.31. The van der Waals surface area contributed by atoms with Crippen LogP contribution in [0.3, 0.4) is 0 Å². The lowest BCUT2D eigenvalue weighted by molar-refractivity contribution is -0.141. The molecule has 0 aliphatic heterocycles. The summed E-state index contributed by atoms with van der Waals surface area (Å²) >= 11 is 0. The summed E-state index contributed by atoms with van der Waals surface area (Å²) in [5, 5.41) is 8.95. The van der Waals surface area contributed by atoms with E-state index in [0.29, 0.717) is 12.3 Å². The average Bonchev–Trinajstić information content (AvgIpc) is 2.50. The third kappa shape index (κ3) is 2.57. The Bertz CT molecular complexity index is 267. The van der Waals surface area contributed by atoms with Gasteiger partial charge in [0.25, 0.3) is 0 Å². The van der Waals surface area contributed by atoms with Crippen molar-refractivity contribution in [2.45, 2.75) is 26.3 Å². The fraction of sp³-hybridized carbons (Fsp3) is 0.556. The van der Waals surface area contributed by atoms with Gasteiger partial charge in [-0.2, -0.15) is 0 Å². The third-order valence-corrected chi connectivity index (χ3v) is 1.86. The number of rotatable bonds is 4. The van der Waals surface area contributed by atoms with Gasteiger partial charge in [0, 0.05) is 12.4 Å². The molecule has 0 saturated carbocycles. The Hall–Kier alpha value is -1.32. The maximum absolute atomic E-state index is 10.9. The SMILES string of the molecule is CC(C)CC(C(=O)O)n1ccnc1. The Morgan fingerprint density at radius 2 is 2.31 bits per heavy atom. The highest BCUT2D eigenvalue weighted by atomic mass is 16.4. The monoisotopic (exact) mass is 182 g/mol. The Kier molecular flexibility index (Phi) is 3.06. The Morgan fingerprint density at radius 3 is 2.69 bits per heavy atom. The molecule has 0 saturated heterocycles. The van der Waals surface area contributed by atoms with Crippen LogP contribution in [0.25, 0.3) is 0 Å². The molecule has 1 rings (SSSR count). The van der Waals surface area contributed by atoms with Gasteiger partial charge in [-0.15, -0.1) is 0 Å². The summed E-state index contributed by atoms with van der Waals surface area (Å²) in [7, 11) is 0. The highest BCUT2D eigenvalue weighted by Crippen LogP contribution is 2.16. The molecule has 0 amide bonds. The van der Waals surface area contributed by atoms with Crippen molar-refractivity contribution in [2.24, 2.45) is 5.92 Å². The zero-order valence-corrected chi connectivity index (χ0v) is 7.84. The Balaban J connectivity index is 2.75. The van der Waals surface area contributed by atoms with E-state index in [2.05, 4.69) is 4.98 Å². The van der Waals surface area contributed by atoms with Crippen molar-refractivity contribution in [3.05, 3.63) is 18.7 Å². The van der Waals surface area contributed by atoms with Crippen LogP contribution in [0.5, 0.6) is 0 Å². The predicted octanol–water partition coefficient (Wildman–Crippen LogP) is 1.55. The van der Waals surface area contributed by atoms with Crippen LogP contribution in [0.15, 0.2) is 18.7 Å². The van der Waals surface area contributed by atoms with Crippen molar-refractivity contribution in [3.63, 3.8) is 0 Å². The van der Waals surface area contributed by atoms with Gasteiger partial charge in [0.15, 0.2) is 0 Å². The normalized spacial score (nSPS) is 13.2. The maximum Gasteiger partial charge on any atom is 0.326 e. The van der Waals surface area contributed by atoms with Crippen LogP contribution in [-0.2, 0) is 4.79 Å². The number of imidazole rings is 1. The zero-order valence-electron chi connectivity index (χ0n) is 7.84. The van der Waals surface area contributed by atoms with Gasteiger partial charge in [0.2, 0.25) is 0 Å². The van der Waals surface area contributed by atoms with Crippen molar-refractivity contribution < 1.29 is 9.90 Å². The second kappa shape index (κ2) is 4.07. The fourth-order valence-electron chi connectivity index (χ4n) is 1.25. The molecular formula is C9H14N2O2. The number of hydrogen-bond acceptors (Lipinski definition) is 2. The van der Waals surface area contributed by atoms with E-state index < -0.39 is 12.0 Å². The quantitative estimate of drug-likeness (QED) is 0.768. The summed E-state index contributed by atoms with van der Waals surface area (Å²) in [4.78, 5) is 14.7. The van der Waals surface area contributed by atoms with Gasteiger partial charge in [0.1, 0.15) is 6.04 Å². The van der Waals surface area contributed by atoms with Crippen molar-refractivity contribution >= 4 is 5.97 Å². The molecule has 1 N–H and O–H groups in total. The minimum absolute atomic E-state index is 0.364. The molecule has 0 bridgehead atoms. The van der Waals surface area contributed by atoms with Crippen molar-refractivity contribution in [3.8, 4) is 0 Å². The van der Waals surface area contributed by atoms with Crippen molar-refractivity contribution in [1.29, 1.82) is 0 Å². The van der Waals surface area contributed by atoms with Crippen LogP contribution in [0.2, 0.25) is 0 Å². The van der Waals surface area contributed by atoms with E-state index >= 15 is 0 Å². The van der Waals surface area contributed by atoms with Crippen molar-refractivity contribution in [2.75, 3.05) is 0 Å². The van der Waals surface area contributed by atoms with Crippen molar-refractivity contribution in [1.82, 2.24) is 9.55 Å². The van der Waals surface area contributed by atoms with Gasteiger partial charge in [-0.3, -0.25) is 0 Å². The first kappa shape index (κ1) is 9.77. The summed E-state index contributed by atoms with van der Waals surface area (Å²) in [5.41, 5.74) is 0. The van der Waals surface area contributed by atoms with Gasteiger partial charge in [0.05, 0.1) is 6.33 Å². The zero-order chi connectivity index (χ0) is 9.84. The lowest BCUT2D eigenvalue weighted by Crippen LogP contribution is -2.19. The van der Waals surface area contributed by atoms with Crippen LogP contribution in [0.1, 0.15) is 26.3 Å². The molecule has 13 heavy (non-hydrogen) atoms. The molecule has 0 aliphatic rings. The van der Waals surface area contributed by atoms with E-state index in [1.165, 1.54) is 0 Å². The van der Waals surface area contributed by atoms with Crippen LogP contribution in [0, 0.1) is 5.92 Å². The second-order valence-electron chi connectivity index (χ2n) is 3.49. The third-order valence-electron chi connectivity index (χ3n) is 1.86. The number of aromatic nitrogens is 2. The topological polar surface area (TPSA) is 55.1 Å². The van der Waals surface area contributed by atoms with E-state index in [0.717, 1.165) is 0 Å². The molecule has 0 radical (unpaired) electrons. The summed E-state index contributed by atoms with van der Waals surface area (Å²) in [6.07, 6.45) is 5.45. The number of aliphatic carboxylic acids is 1. The maximum atomic E-state index is 10.9. The Labute approximate surface area is 77.2 Å². The minimum Gasteiger partial charge on any atom is -0.480 e. The number of nitrogens with zero attached hydrogens (tertiary/aromatic N) is 2. The summed E-state index contributed by atoms with van der Waals surface area (Å²) in [6, 6.07) is -0.484. The van der Waals surface area contributed by atoms with Gasteiger partial charge in [-0.1, -0.05) is 13.8 Å². The van der Waals surface area contributed by atoms with E-state index in [4.69, 9.17) is 5.11 Å². The average molecular weight is 182 g/mol. The van der Waals surface area contributed by atoms with E-state index in [1.807, 2.05) is 13.8 Å². The highest BCUT2D eigenvalue weighted by Gasteiger charge is 2.19. The smallest absolute Gasteiger partial charge is 0.326 e. The molecule has 1 aromatic heterocycles. The summed E-state index contributed by atoms with van der Waals surface area (Å²) < 4.78 is 1.63. The molecule has 1 unspecified atom stereocenters. The van der Waals surface area contributed by atoms with E-state index in [9.17, 15) is 4.79 Å². The van der Waals surface area contributed by atoms with Gasteiger partial charge in [-0.25, -0.2) is 9.78 Å². The van der Waals surface area contributed by atoms with Gasteiger partial charge in [-0.05, 0) is 12.3 Å². The van der Waals surface area contributed by atoms with Crippen LogP contribution in [-0.4, -0.2) is 20.6 Å². The fourth-order valence-corrected chi connectivity index (χ4v) is 1.25. The van der Waals surface area contributed by atoms with Crippen LogP contribution in [0.4, 0.5) is 0 Å². The molecule has 72 valence electrons. The molecule has 1 aromatic rings. The standard InChI is InChI=1S/C9H14N2O2/c1-7(2)5-8(9(12)13)11-4-3-10-6-11/h3-4,6-8H,5H2,1-2H3,(H,12,13). The molecule has 1 atom stereocenters. The molecule has 0 fully saturated rings. The molecule has 4 nitrogen and oxygen atoms in total. The largest absolute Gasteiger partial charge is 0.480 e. The number of carbonyl (C=O) groups is 1. The molecule has 0 aliphatic carbocycles. The number of hydrogen-bond donors (Lipinski definition) is 1. The van der Waals surface area contributed by atoms with E-state index in [1.54, 1.807) is 23.3 Å². The van der Waals surface area contributed by atoms with Crippen LogP contribution >= 0.6 is 0 Å². The molecular weight excluding hydrogens is 168 g/mol. The molecule has 1 heterocycles. The van der Waals surface area contributed by atoms with Gasteiger partial charge < -0.3 is 9.67 Å².